The predicted octanol–water partition coefficient (Wildman–Crippen LogP) is 2.42. The molecular formula is C16H24N2O. The molecule has 1 fully saturated rings. The molecule has 1 aromatic rings. The monoisotopic (exact) mass is 260 g/mol. The zero-order chi connectivity index (χ0) is 13.8. The number of hydrogen-bond donors (Lipinski definition) is 2. The lowest BCUT2D eigenvalue weighted by molar-refractivity contribution is 0.0920. The Kier molecular flexibility index (Phi) is 4.59. The van der Waals surface area contributed by atoms with Crippen LogP contribution in [0.2, 0.25) is 0 Å². The number of rotatable bonds is 3. The molecule has 0 aliphatic carbocycles. The van der Waals surface area contributed by atoms with Crippen molar-refractivity contribution in [3.63, 3.8) is 0 Å². The van der Waals surface area contributed by atoms with Crippen molar-refractivity contribution in [1.82, 2.24) is 10.6 Å². The van der Waals surface area contributed by atoms with Gasteiger partial charge in [0.25, 0.3) is 5.91 Å². The molecule has 3 nitrogen and oxygen atoms in total. The van der Waals surface area contributed by atoms with Crippen molar-refractivity contribution in [2.75, 3.05) is 13.1 Å². The quantitative estimate of drug-likeness (QED) is 0.876. The SMILES string of the molecule is Cc1cc(C)cc(C(=O)NC(C)C2CCNCC2)c1. The average molecular weight is 260 g/mol. The van der Waals surface area contributed by atoms with Gasteiger partial charge >= 0.3 is 0 Å². The van der Waals surface area contributed by atoms with Gasteiger partial charge in [-0.25, -0.2) is 0 Å². The number of piperidine rings is 1. The zero-order valence-electron chi connectivity index (χ0n) is 12.1. The molecular weight excluding hydrogens is 236 g/mol. The minimum atomic E-state index is 0.0535. The van der Waals surface area contributed by atoms with Gasteiger partial charge in [0.1, 0.15) is 0 Å². The van der Waals surface area contributed by atoms with E-state index in [4.69, 9.17) is 0 Å². The maximum atomic E-state index is 12.3. The van der Waals surface area contributed by atoms with Gasteiger partial charge in [-0.1, -0.05) is 17.2 Å². The minimum absolute atomic E-state index is 0.0535. The van der Waals surface area contributed by atoms with Gasteiger partial charge in [0.15, 0.2) is 0 Å². The van der Waals surface area contributed by atoms with Gasteiger partial charge in [-0.15, -0.1) is 0 Å². The van der Waals surface area contributed by atoms with Crippen molar-refractivity contribution in [3.8, 4) is 0 Å². The zero-order valence-corrected chi connectivity index (χ0v) is 12.1. The van der Waals surface area contributed by atoms with Crippen molar-refractivity contribution >= 4 is 5.91 Å². The highest BCUT2D eigenvalue weighted by Crippen LogP contribution is 2.17. The van der Waals surface area contributed by atoms with Crippen LogP contribution in [0.1, 0.15) is 41.3 Å². The number of aryl methyl sites for hydroxylation is 2. The predicted molar refractivity (Wildman–Crippen MR) is 78.4 cm³/mol. The molecule has 0 spiro atoms. The van der Waals surface area contributed by atoms with E-state index in [2.05, 4.69) is 23.6 Å². The Morgan fingerprint density at radius 1 is 1.21 bits per heavy atom. The highest BCUT2D eigenvalue weighted by molar-refractivity contribution is 5.94. The summed E-state index contributed by atoms with van der Waals surface area (Å²) in [5, 5.41) is 6.51. The molecule has 1 unspecified atom stereocenters. The van der Waals surface area contributed by atoms with Crippen LogP contribution >= 0.6 is 0 Å². The highest BCUT2D eigenvalue weighted by atomic mass is 16.1. The second-order valence-corrected chi connectivity index (χ2v) is 5.73. The summed E-state index contributed by atoms with van der Waals surface area (Å²) in [7, 11) is 0. The molecule has 3 heteroatoms. The van der Waals surface area contributed by atoms with Crippen molar-refractivity contribution < 1.29 is 4.79 Å². The maximum Gasteiger partial charge on any atom is 0.251 e. The summed E-state index contributed by atoms with van der Waals surface area (Å²) >= 11 is 0. The third-order valence-corrected chi connectivity index (χ3v) is 3.93. The van der Waals surface area contributed by atoms with E-state index in [0.717, 1.165) is 42.6 Å². The van der Waals surface area contributed by atoms with E-state index in [9.17, 15) is 4.79 Å². The van der Waals surface area contributed by atoms with E-state index in [1.54, 1.807) is 0 Å². The van der Waals surface area contributed by atoms with Gasteiger partial charge in [0.05, 0.1) is 0 Å². The fourth-order valence-corrected chi connectivity index (χ4v) is 2.86. The first kappa shape index (κ1) is 14.1. The number of carbonyl (C=O) groups is 1. The largest absolute Gasteiger partial charge is 0.349 e. The molecule has 1 aromatic carbocycles. The van der Waals surface area contributed by atoms with Crippen LogP contribution in [-0.4, -0.2) is 25.0 Å². The molecule has 1 amide bonds. The summed E-state index contributed by atoms with van der Waals surface area (Å²) in [5.41, 5.74) is 3.05. The fraction of sp³-hybridized carbons (Fsp3) is 0.562. The first-order valence-corrected chi connectivity index (χ1v) is 7.16. The minimum Gasteiger partial charge on any atom is -0.349 e. The number of benzene rings is 1. The summed E-state index contributed by atoms with van der Waals surface area (Å²) in [6, 6.07) is 6.25. The van der Waals surface area contributed by atoms with Crippen molar-refractivity contribution in [2.24, 2.45) is 5.92 Å². The van der Waals surface area contributed by atoms with Crippen molar-refractivity contribution in [1.29, 1.82) is 0 Å². The van der Waals surface area contributed by atoms with Crippen LogP contribution in [0.4, 0.5) is 0 Å². The molecule has 0 aromatic heterocycles. The average Bonchev–Trinajstić information content (AvgIpc) is 2.38. The van der Waals surface area contributed by atoms with E-state index in [1.165, 1.54) is 0 Å². The molecule has 2 rings (SSSR count). The molecule has 0 bridgehead atoms. The maximum absolute atomic E-state index is 12.3. The smallest absolute Gasteiger partial charge is 0.251 e. The second-order valence-electron chi connectivity index (χ2n) is 5.73. The normalized spacial score (nSPS) is 18.1. The summed E-state index contributed by atoms with van der Waals surface area (Å²) in [6.45, 7) is 8.30. The van der Waals surface area contributed by atoms with E-state index >= 15 is 0 Å². The Bertz CT molecular complexity index is 430. The standard InChI is InChI=1S/C16H24N2O/c1-11-8-12(2)10-15(9-11)16(19)18-13(3)14-4-6-17-7-5-14/h8-10,13-14,17H,4-7H2,1-3H3,(H,18,19). The van der Waals surface area contributed by atoms with Crippen LogP contribution in [-0.2, 0) is 0 Å². The van der Waals surface area contributed by atoms with E-state index in [-0.39, 0.29) is 11.9 Å². The molecule has 1 atom stereocenters. The number of amides is 1. The van der Waals surface area contributed by atoms with Crippen LogP contribution in [0, 0.1) is 19.8 Å². The lowest BCUT2D eigenvalue weighted by Gasteiger charge is -2.28. The molecule has 0 saturated carbocycles. The van der Waals surface area contributed by atoms with Crippen molar-refractivity contribution in [2.45, 2.75) is 39.7 Å². The molecule has 2 N–H and O–H groups in total. The lowest BCUT2D eigenvalue weighted by atomic mass is 9.91. The molecule has 1 aliphatic rings. The van der Waals surface area contributed by atoms with Crippen LogP contribution in [0.15, 0.2) is 18.2 Å². The van der Waals surface area contributed by atoms with Crippen LogP contribution in [0.5, 0.6) is 0 Å². The van der Waals surface area contributed by atoms with Gasteiger partial charge in [0, 0.05) is 11.6 Å². The summed E-state index contributed by atoms with van der Waals surface area (Å²) < 4.78 is 0. The van der Waals surface area contributed by atoms with E-state index in [0.29, 0.717) is 5.92 Å². The topological polar surface area (TPSA) is 41.1 Å². The molecule has 19 heavy (non-hydrogen) atoms. The number of carbonyl (C=O) groups excluding carboxylic acids is 1. The summed E-state index contributed by atoms with van der Waals surface area (Å²) in [5.74, 6) is 0.647. The van der Waals surface area contributed by atoms with Gasteiger partial charge < -0.3 is 10.6 Å². The third kappa shape index (κ3) is 3.80. The Morgan fingerprint density at radius 3 is 2.37 bits per heavy atom. The molecule has 1 heterocycles. The third-order valence-electron chi connectivity index (χ3n) is 3.93. The first-order valence-electron chi connectivity index (χ1n) is 7.16. The van der Waals surface area contributed by atoms with Gasteiger partial charge in [-0.3, -0.25) is 4.79 Å². The van der Waals surface area contributed by atoms with Gasteiger partial charge in [-0.05, 0) is 64.8 Å². The fourth-order valence-electron chi connectivity index (χ4n) is 2.86. The van der Waals surface area contributed by atoms with E-state index in [1.807, 2.05) is 26.0 Å². The first-order chi connectivity index (χ1) is 9.06. The van der Waals surface area contributed by atoms with Gasteiger partial charge in [-0.2, -0.15) is 0 Å². The summed E-state index contributed by atoms with van der Waals surface area (Å²) in [6.07, 6.45) is 2.29. The van der Waals surface area contributed by atoms with Crippen molar-refractivity contribution in [3.05, 3.63) is 34.9 Å². The van der Waals surface area contributed by atoms with E-state index < -0.39 is 0 Å². The number of hydrogen-bond acceptors (Lipinski definition) is 2. The molecule has 1 aliphatic heterocycles. The Balaban J connectivity index is 1.99. The highest BCUT2D eigenvalue weighted by Gasteiger charge is 2.21. The molecule has 1 saturated heterocycles. The van der Waals surface area contributed by atoms with Crippen LogP contribution in [0.3, 0.4) is 0 Å². The van der Waals surface area contributed by atoms with Crippen LogP contribution in [0.25, 0.3) is 0 Å². The lowest BCUT2D eigenvalue weighted by Crippen LogP contribution is -2.42. The molecule has 104 valence electrons. The molecule has 0 radical (unpaired) electrons. The summed E-state index contributed by atoms with van der Waals surface area (Å²) in [4.78, 5) is 12.3. The van der Waals surface area contributed by atoms with Crippen LogP contribution < -0.4 is 10.6 Å². The Morgan fingerprint density at radius 2 is 1.79 bits per heavy atom. The van der Waals surface area contributed by atoms with Gasteiger partial charge in [0.2, 0.25) is 0 Å². The Hall–Kier alpha value is -1.35. The second kappa shape index (κ2) is 6.20. The number of nitrogens with one attached hydrogen (secondary N) is 2. The Labute approximate surface area is 115 Å².